The number of aromatic nitrogens is 1. The van der Waals surface area contributed by atoms with Gasteiger partial charge in [-0.15, -0.1) is 0 Å². The van der Waals surface area contributed by atoms with Gasteiger partial charge in [-0.3, -0.25) is 14.4 Å². The van der Waals surface area contributed by atoms with Crippen LogP contribution in [-0.4, -0.2) is 52.4 Å². The molecule has 2 N–H and O–H groups in total. The van der Waals surface area contributed by atoms with Crippen molar-refractivity contribution in [3.63, 3.8) is 0 Å². The van der Waals surface area contributed by atoms with Crippen LogP contribution in [-0.2, 0) is 19.1 Å². The summed E-state index contributed by atoms with van der Waals surface area (Å²) in [6.07, 6.45) is 3.89. The lowest BCUT2D eigenvalue weighted by atomic mass is 9.97. The lowest BCUT2D eigenvalue weighted by Gasteiger charge is -2.35. The molecule has 0 spiro atoms. The van der Waals surface area contributed by atoms with Gasteiger partial charge < -0.3 is 20.3 Å². The molecule has 36 heavy (non-hydrogen) atoms. The molecule has 0 bridgehead atoms. The predicted octanol–water partition coefficient (Wildman–Crippen LogP) is 4.16. The van der Waals surface area contributed by atoms with E-state index in [2.05, 4.69) is 15.6 Å². The number of benzene rings is 1. The van der Waals surface area contributed by atoms with Crippen molar-refractivity contribution in [2.45, 2.75) is 77.5 Å². The summed E-state index contributed by atoms with van der Waals surface area (Å²) in [5.74, 6) is -0.376. The molecule has 1 aliphatic rings. The molecule has 8 heteroatoms. The Morgan fingerprint density at radius 1 is 1.14 bits per heavy atom. The summed E-state index contributed by atoms with van der Waals surface area (Å²) in [5.41, 5.74) is 1.37. The van der Waals surface area contributed by atoms with E-state index in [-0.39, 0.29) is 36.7 Å². The zero-order chi connectivity index (χ0) is 26.1. The van der Waals surface area contributed by atoms with Gasteiger partial charge >= 0.3 is 0 Å². The fraction of sp³-hybridized carbons (Fsp3) is 0.500. The molecule has 194 valence electrons. The van der Waals surface area contributed by atoms with Crippen LogP contribution in [0.2, 0.25) is 0 Å². The minimum Gasteiger partial charge on any atom is -0.376 e. The van der Waals surface area contributed by atoms with E-state index in [4.69, 9.17) is 4.74 Å². The number of ether oxygens (including phenoxy) is 1. The normalized spacial score (nSPS) is 16.3. The topological polar surface area (TPSA) is 101 Å². The van der Waals surface area contributed by atoms with E-state index in [1.165, 1.54) is 0 Å². The van der Waals surface area contributed by atoms with E-state index < -0.39 is 11.6 Å². The predicted molar refractivity (Wildman–Crippen MR) is 139 cm³/mol. The Hall–Kier alpha value is -3.26. The maximum Gasteiger partial charge on any atom is 0.247 e. The molecular formula is C28H38N4O4. The number of carbonyl (C=O) groups excluding carboxylic acids is 3. The Labute approximate surface area is 213 Å². The molecule has 2 heterocycles. The zero-order valence-electron chi connectivity index (χ0n) is 21.8. The third-order valence-corrected chi connectivity index (χ3v) is 6.54. The lowest BCUT2D eigenvalue weighted by Crippen LogP contribution is -2.51. The van der Waals surface area contributed by atoms with Crippen molar-refractivity contribution < 1.29 is 19.1 Å². The van der Waals surface area contributed by atoms with Gasteiger partial charge in [0.05, 0.1) is 6.10 Å². The smallest absolute Gasteiger partial charge is 0.247 e. The van der Waals surface area contributed by atoms with E-state index in [1.807, 2.05) is 52.0 Å². The molecule has 0 unspecified atom stereocenters. The molecule has 1 fully saturated rings. The highest BCUT2D eigenvalue weighted by Crippen LogP contribution is 2.27. The minimum absolute atomic E-state index is 0.0138. The first kappa shape index (κ1) is 27.3. The fourth-order valence-electron chi connectivity index (χ4n) is 4.08. The van der Waals surface area contributed by atoms with Crippen LogP contribution < -0.4 is 10.6 Å². The van der Waals surface area contributed by atoms with Crippen molar-refractivity contribution in [3.05, 3.63) is 59.8 Å². The number of carbonyl (C=O) groups is 3. The first-order valence-corrected chi connectivity index (χ1v) is 12.7. The zero-order valence-corrected chi connectivity index (χ0v) is 21.8. The number of nitrogens with one attached hydrogen (secondary N) is 2. The number of amides is 3. The van der Waals surface area contributed by atoms with Crippen LogP contribution in [0.25, 0.3) is 0 Å². The van der Waals surface area contributed by atoms with Crippen molar-refractivity contribution in [2.75, 3.05) is 18.5 Å². The number of aryl methyl sites for hydroxylation is 1. The van der Waals surface area contributed by atoms with Gasteiger partial charge in [-0.2, -0.15) is 0 Å². The van der Waals surface area contributed by atoms with Crippen LogP contribution in [0, 0.1) is 6.92 Å². The second-order valence-corrected chi connectivity index (χ2v) is 9.98. The Morgan fingerprint density at radius 3 is 2.50 bits per heavy atom. The average molecular weight is 495 g/mol. The molecule has 1 aromatic carbocycles. The van der Waals surface area contributed by atoms with Crippen molar-refractivity contribution in [2.24, 2.45) is 0 Å². The van der Waals surface area contributed by atoms with Crippen molar-refractivity contribution in [1.82, 2.24) is 15.2 Å². The van der Waals surface area contributed by atoms with Crippen LogP contribution in [0.5, 0.6) is 0 Å². The second kappa shape index (κ2) is 12.6. The van der Waals surface area contributed by atoms with Crippen LogP contribution in [0.4, 0.5) is 5.82 Å². The summed E-state index contributed by atoms with van der Waals surface area (Å²) >= 11 is 0. The molecule has 0 saturated carbocycles. The van der Waals surface area contributed by atoms with Crippen molar-refractivity contribution in [1.29, 1.82) is 0 Å². The average Bonchev–Trinajstić information content (AvgIpc) is 3.37. The van der Waals surface area contributed by atoms with E-state index in [0.29, 0.717) is 19.0 Å². The molecule has 1 aliphatic heterocycles. The van der Waals surface area contributed by atoms with Gasteiger partial charge in [0.1, 0.15) is 11.9 Å². The molecule has 0 radical (unpaired) electrons. The summed E-state index contributed by atoms with van der Waals surface area (Å²) in [4.78, 5) is 45.5. The van der Waals surface area contributed by atoms with Gasteiger partial charge in [-0.25, -0.2) is 4.98 Å². The van der Waals surface area contributed by atoms with Gasteiger partial charge in [0.15, 0.2) is 0 Å². The van der Waals surface area contributed by atoms with Crippen LogP contribution in [0.15, 0.2) is 48.7 Å². The Balaban J connectivity index is 1.84. The van der Waals surface area contributed by atoms with E-state index in [9.17, 15) is 14.4 Å². The minimum atomic E-state index is -0.827. The summed E-state index contributed by atoms with van der Waals surface area (Å²) in [7, 11) is 0. The van der Waals surface area contributed by atoms with E-state index in [1.54, 1.807) is 29.3 Å². The number of nitrogens with zero attached hydrogens (tertiary/aromatic N) is 2. The van der Waals surface area contributed by atoms with Gasteiger partial charge in [0.25, 0.3) is 0 Å². The summed E-state index contributed by atoms with van der Waals surface area (Å²) in [5, 5.41) is 5.83. The summed E-state index contributed by atoms with van der Waals surface area (Å²) in [6, 6.07) is 12.1. The third kappa shape index (κ3) is 7.88. The molecule has 3 rings (SSSR count). The van der Waals surface area contributed by atoms with Gasteiger partial charge in [-0.05, 0) is 57.7 Å². The second-order valence-electron chi connectivity index (χ2n) is 9.98. The van der Waals surface area contributed by atoms with Gasteiger partial charge in [0, 0.05) is 37.7 Å². The van der Waals surface area contributed by atoms with Gasteiger partial charge in [-0.1, -0.05) is 42.8 Å². The number of pyridine rings is 1. The quantitative estimate of drug-likeness (QED) is 0.489. The summed E-state index contributed by atoms with van der Waals surface area (Å²) < 4.78 is 5.83. The molecule has 1 saturated heterocycles. The molecule has 3 amide bonds. The van der Waals surface area contributed by atoms with E-state index in [0.717, 1.165) is 30.4 Å². The molecule has 2 aromatic rings. The largest absolute Gasteiger partial charge is 0.376 e. The molecule has 0 aliphatic carbocycles. The van der Waals surface area contributed by atoms with E-state index >= 15 is 0 Å². The summed E-state index contributed by atoms with van der Waals surface area (Å²) in [6.45, 7) is 8.85. The Kier molecular flexibility index (Phi) is 9.58. The number of hydrogen-bond acceptors (Lipinski definition) is 5. The Morgan fingerprint density at radius 2 is 1.89 bits per heavy atom. The van der Waals surface area contributed by atoms with Crippen molar-refractivity contribution in [3.8, 4) is 0 Å². The lowest BCUT2D eigenvalue weighted by molar-refractivity contribution is -0.143. The molecule has 1 aromatic heterocycles. The van der Waals surface area contributed by atoms with Crippen LogP contribution >= 0.6 is 0 Å². The highest BCUT2D eigenvalue weighted by atomic mass is 16.5. The number of rotatable bonds is 11. The standard InChI is InChI=1S/C28H38N4O4/c1-5-28(3,4)31-27(35)26(21-13-11-20(2)12-14-21)32(19-22-9-8-18-36-22)25(34)16-15-24(33)30-23-10-6-7-17-29-23/h6-7,10-14,17,22,26H,5,8-9,15-16,18-19H2,1-4H3,(H,31,35)(H,29,30,33)/t22-,26-/m0/s1. The maximum atomic E-state index is 13.7. The fourth-order valence-corrected chi connectivity index (χ4v) is 4.08. The maximum absolute atomic E-state index is 13.7. The number of hydrogen-bond donors (Lipinski definition) is 2. The van der Waals surface area contributed by atoms with Crippen LogP contribution in [0.3, 0.4) is 0 Å². The molecular weight excluding hydrogens is 456 g/mol. The highest BCUT2D eigenvalue weighted by molar-refractivity contribution is 5.94. The molecule has 2 atom stereocenters. The monoisotopic (exact) mass is 494 g/mol. The van der Waals surface area contributed by atoms with Crippen LogP contribution in [0.1, 0.15) is 70.0 Å². The SMILES string of the molecule is CCC(C)(C)NC(=O)[C@H](c1ccc(C)cc1)N(C[C@@H]1CCCO1)C(=O)CCC(=O)Nc1ccccn1. The first-order valence-electron chi connectivity index (χ1n) is 12.7. The van der Waals surface area contributed by atoms with Gasteiger partial charge in [0.2, 0.25) is 17.7 Å². The van der Waals surface area contributed by atoms with Crippen molar-refractivity contribution >= 4 is 23.5 Å². The molecule has 8 nitrogen and oxygen atoms in total. The highest BCUT2D eigenvalue weighted by Gasteiger charge is 2.36. The number of anilines is 1. The third-order valence-electron chi connectivity index (χ3n) is 6.54. The Bertz CT molecular complexity index is 1020. The first-order chi connectivity index (χ1) is 17.2.